The SMILES string of the molecule is CCN1CCCC1CNC(=O)C1CCCCN1S(C)(=O)=O. The molecular formula is C14H27N3O3S. The molecule has 2 rings (SSSR count). The summed E-state index contributed by atoms with van der Waals surface area (Å²) in [5.41, 5.74) is 0. The van der Waals surface area contributed by atoms with E-state index in [0.717, 1.165) is 32.4 Å². The van der Waals surface area contributed by atoms with Crippen LogP contribution in [0, 0.1) is 0 Å². The van der Waals surface area contributed by atoms with Crippen molar-refractivity contribution in [1.29, 1.82) is 0 Å². The van der Waals surface area contributed by atoms with Crippen LogP contribution in [0.2, 0.25) is 0 Å². The lowest BCUT2D eigenvalue weighted by Crippen LogP contribution is -2.53. The summed E-state index contributed by atoms with van der Waals surface area (Å²) in [6.45, 7) is 5.31. The third-order valence-electron chi connectivity index (χ3n) is 4.60. The highest BCUT2D eigenvalue weighted by molar-refractivity contribution is 7.88. The Balaban J connectivity index is 1.92. The zero-order valence-corrected chi connectivity index (χ0v) is 13.9. The third kappa shape index (κ3) is 4.17. The summed E-state index contributed by atoms with van der Waals surface area (Å²) in [5, 5.41) is 2.97. The molecule has 0 aromatic rings. The highest BCUT2D eigenvalue weighted by atomic mass is 32.2. The number of hydrogen-bond acceptors (Lipinski definition) is 4. The van der Waals surface area contributed by atoms with E-state index in [-0.39, 0.29) is 5.91 Å². The normalized spacial score (nSPS) is 28.7. The van der Waals surface area contributed by atoms with E-state index in [1.165, 1.54) is 17.0 Å². The molecule has 0 bridgehead atoms. The minimum Gasteiger partial charge on any atom is -0.353 e. The van der Waals surface area contributed by atoms with Crippen LogP contribution >= 0.6 is 0 Å². The first-order chi connectivity index (χ1) is 9.93. The second-order valence-corrected chi connectivity index (χ2v) is 7.99. The molecule has 6 nitrogen and oxygen atoms in total. The second-order valence-electron chi connectivity index (χ2n) is 6.06. The van der Waals surface area contributed by atoms with Crippen LogP contribution in [0.3, 0.4) is 0 Å². The van der Waals surface area contributed by atoms with E-state index in [0.29, 0.717) is 25.6 Å². The maximum absolute atomic E-state index is 12.4. The van der Waals surface area contributed by atoms with E-state index in [9.17, 15) is 13.2 Å². The van der Waals surface area contributed by atoms with Crippen molar-refractivity contribution in [3.63, 3.8) is 0 Å². The smallest absolute Gasteiger partial charge is 0.238 e. The van der Waals surface area contributed by atoms with Crippen LogP contribution in [0.25, 0.3) is 0 Å². The monoisotopic (exact) mass is 317 g/mol. The lowest BCUT2D eigenvalue weighted by molar-refractivity contribution is -0.125. The van der Waals surface area contributed by atoms with Crippen LogP contribution in [0.5, 0.6) is 0 Å². The maximum atomic E-state index is 12.4. The first-order valence-corrected chi connectivity index (χ1v) is 9.77. The zero-order valence-electron chi connectivity index (χ0n) is 13.0. The molecule has 0 aliphatic carbocycles. The van der Waals surface area contributed by atoms with Crippen LogP contribution in [0.15, 0.2) is 0 Å². The standard InChI is InChI=1S/C14H27N3O3S/c1-3-16-9-6-7-12(16)11-15-14(18)13-8-4-5-10-17(13)21(2,19)20/h12-13H,3-11H2,1-2H3,(H,15,18). The Bertz CT molecular complexity index is 466. The predicted octanol–water partition coefficient (Wildman–Crippen LogP) is 0.401. The molecule has 0 spiro atoms. The lowest BCUT2D eigenvalue weighted by Gasteiger charge is -2.33. The van der Waals surface area contributed by atoms with Crippen LogP contribution in [0.4, 0.5) is 0 Å². The van der Waals surface area contributed by atoms with Gasteiger partial charge in [0.2, 0.25) is 15.9 Å². The average molecular weight is 317 g/mol. The highest BCUT2D eigenvalue weighted by Gasteiger charge is 2.34. The first kappa shape index (κ1) is 16.7. The summed E-state index contributed by atoms with van der Waals surface area (Å²) in [6, 6.07) is -0.126. The molecule has 21 heavy (non-hydrogen) atoms. The van der Waals surface area contributed by atoms with Crippen molar-refractivity contribution in [2.24, 2.45) is 0 Å². The van der Waals surface area contributed by atoms with Crippen molar-refractivity contribution in [3.8, 4) is 0 Å². The highest BCUT2D eigenvalue weighted by Crippen LogP contribution is 2.20. The Hall–Kier alpha value is -0.660. The van der Waals surface area contributed by atoms with E-state index in [1.54, 1.807) is 0 Å². The van der Waals surface area contributed by atoms with Gasteiger partial charge in [-0.3, -0.25) is 9.69 Å². The minimum atomic E-state index is -3.31. The number of rotatable bonds is 5. The van der Waals surface area contributed by atoms with Gasteiger partial charge in [-0.1, -0.05) is 13.3 Å². The summed E-state index contributed by atoms with van der Waals surface area (Å²) in [6.07, 6.45) is 5.84. The van der Waals surface area contributed by atoms with Gasteiger partial charge in [0.15, 0.2) is 0 Å². The largest absolute Gasteiger partial charge is 0.353 e. The molecule has 0 radical (unpaired) electrons. The van der Waals surface area contributed by atoms with Gasteiger partial charge in [0.25, 0.3) is 0 Å². The van der Waals surface area contributed by atoms with Gasteiger partial charge in [-0.2, -0.15) is 4.31 Å². The van der Waals surface area contributed by atoms with E-state index >= 15 is 0 Å². The van der Waals surface area contributed by atoms with Crippen LogP contribution in [-0.4, -0.2) is 68.0 Å². The maximum Gasteiger partial charge on any atom is 0.238 e. The molecule has 2 heterocycles. The zero-order chi connectivity index (χ0) is 15.5. The fourth-order valence-corrected chi connectivity index (χ4v) is 4.57. The molecule has 0 saturated carbocycles. The van der Waals surface area contributed by atoms with Gasteiger partial charge >= 0.3 is 0 Å². The molecule has 2 aliphatic heterocycles. The van der Waals surface area contributed by atoms with E-state index in [1.807, 2.05) is 0 Å². The van der Waals surface area contributed by atoms with E-state index < -0.39 is 16.1 Å². The van der Waals surface area contributed by atoms with Crippen molar-refractivity contribution < 1.29 is 13.2 Å². The number of carbonyl (C=O) groups excluding carboxylic acids is 1. The first-order valence-electron chi connectivity index (χ1n) is 7.92. The van der Waals surface area contributed by atoms with Gasteiger partial charge in [-0.25, -0.2) is 8.42 Å². The van der Waals surface area contributed by atoms with Crippen molar-refractivity contribution in [2.75, 3.05) is 32.4 Å². The molecular weight excluding hydrogens is 290 g/mol. The van der Waals surface area contributed by atoms with Crippen LogP contribution in [0.1, 0.15) is 39.0 Å². The lowest BCUT2D eigenvalue weighted by atomic mass is 10.0. The Morgan fingerprint density at radius 2 is 1.95 bits per heavy atom. The molecule has 122 valence electrons. The summed E-state index contributed by atoms with van der Waals surface area (Å²) in [5.74, 6) is -0.136. The van der Waals surface area contributed by atoms with E-state index in [2.05, 4.69) is 17.1 Å². The number of likely N-dealkylation sites (tertiary alicyclic amines) is 1. The molecule has 2 unspecified atom stereocenters. The summed E-state index contributed by atoms with van der Waals surface area (Å²) in [4.78, 5) is 14.7. The summed E-state index contributed by atoms with van der Waals surface area (Å²) < 4.78 is 25.0. The second kappa shape index (κ2) is 7.07. The van der Waals surface area contributed by atoms with Crippen LogP contribution in [-0.2, 0) is 14.8 Å². The fourth-order valence-electron chi connectivity index (χ4n) is 3.44. The predicted molar refractivity (Wildman–Crippen MR) is 82.5 cm³/mol. The molecule has 7 heteroatoms. The van der Waals surface area contributed by atoms with Gasteiger partial charge in [-0.05, 0) is 38.8 Å². The van der Waals surface area contributed by atoms with Crippen molar-refractivity contribution in [3.05, 3.63) is 0 Å². The minimum absolute atomic E-state index is 0.136. The number of carbonyl (C=O) groups is 1. The number of sulfonamides is 1. The number of hydrogen-bond donors (Lipinski definition) is 1. The summed E-state index contributed by atoms with van der Waals surface area (Å²) >= 11 is 0. The van der Waals surface area contributed by atoms with Crippen molar-refractivity contribution in [2.45, 2.75) is 51.1 Å². The Morgan fingerprint density at radius 1 is 1.19 bits per heavy atom. The van der Waals surface area contributed by atoms with E-state index in [4.69, 9.17) is 0 Å². The molecule has 0 aromatic heterocycles. The Kier molecular flexibility index (Phi) is 5.62. The van der Waals surface area contributed by atoms with Gasteiger partial charge in [-0.15, -0.1) is 0 Å². The Labute approximate surface area is 127 Å². The van der Waals surface area contributed by atoms with Gasteiger partial charge in [0.05, 0.1) is 6.26 Å². The average Bonchev–Trinajstić information content (AvgIpc) is 2.91. The number of piperidine rings is 1. The van der Waals surface area contributed by atoms with Crippen molar-refractivity contribution in [1.82, 2.24) is 14.5 Å². The third-order valence-corrected chi connectivity index (χ3v) is 5.89. The summed E-state index contributed by atoms with van der Waals surface area (Å²) in [7, 11) is -3.31. The molecule has 2 atom stereocenters. The molecule has 2 aliphatic rings. The van der Waals surface area contributed by atoms with Gasteiger partial charge in [0, 0.05) is 19.1 Å². The van der Waals surface area contributed by atoms with Gasteiger partial charge < -0.3 is 5.32 Å². The molecule has 0 aromatic carbocycles. The fraction of sp³-hybridized carbons (Fsp3) is 0.929. The number of likely N-dealkylation sites (N-methyl/N-ethyl adjacent to an activating group) is 1. The number of amides is 1. The Morgan fingerprint density at radius 3 is 2.62 bits per heavy atom. The van der Waals surface area contributed by atoms with Gasteiger partial charge in [0.1, 0.15) is 6.04 Å². The number of nitrogens with one attached hydrogen (secondary N) is 1. The molecule has 2 fully saturated rings. The molecule has 1 amide bonds. The molecule has 2 saturated heterocycles. The molecule has 1 N–H and O–H groups in total. The topological polar surface area (TPSA) is 69.7 Å². The van der Waals surface area contributed by atoms with Crippen LogP contribution < -0.4 is 5.32 Å². The number of nitrogens with zero attached hydrogens (tertiary/aromatic N) is 2. The quantitative estimate of drug-likeness (QED) is 0.797. The van der Waals surface area contributed by atoms with Crippen molar-refractivity contribution >= 4 is 15.9 Å².